The summed E-state index contributed by atoms with van der Waals surface area (Å²) in [7, 11) is -7.54. The number of hydrogen-bond acceptors (Lipinski definition) is 36. The molecule has 130 heavy (non-hydrogen) atoms. The first-order chi connectivity index (χ1) is 58.6. The summed E-state index contributed by atoms with van der Waals surface area (Å²) < 4.78 is 112. The molecule has 37 nitrogen and oxygen atoms in total. The average Bonchev–Trinajstić information content (AvgIpc) is 0.783. The van der Waals surface area contributed by atoms with Crippen molar-refractivity contribution < 1.29 is 190 Å². The fraction of sp³-hybridized carbons (Fsp3) is 0.694. The molecule has 0 saturated carbocycles. The Bertz CT molecular complexity index is 3780. The fourth-order valence-corrected chi connectivity index (χ4v) is 9.75. The summed E-state index contributed by atoms with van der Waals surface area (Å²) >= 11 is 23.9. The van der Waals surface area contributed by atoms with E-state index in [0.29, 0.717) is 71.4 Å². The first kappa shape index (κ1) is 139. The van der Waals surface area contributed by atoms with E-state index in [0.717, 1.165) is 38.2 Å². The lowest BCUT2D eigenvalue weighted by atomic mass is 9.98. The van der Waals surface area contributed by atoms with Crippen molar-refractivity contribution in [2.45, 2.75) is 246 Å². The van der Waals surface area contributed by atoms with Crippen molar-refractivity contribution in [2.24, 2.45) is 0 Å². The smallest absolute Gasteiger partial charge is 0.367 e. The number of unbranched alkanes of at least 4 members (excludes halogenated alkanes) is 1. The van der Waals surface area contributed by atoms with Crippen LogP contribution in [0.25, 0.3) is 0 Å². The van der Waals surface area contributed by atoms with Crippen LogP contribution in [0, 0.1) is 0 Å². The molecule has 0 radical (unpaired) electrons. The molecular weight excluding hydrogens is 2020 g/mol. The molecule has 0 aliphatic heterocycles. The molecule has 3 unspecified atom stereocenters. The second-order valence-corrected chi connectivity index (χ2v) is 41.2. The van der Waals surface area contributed by atoms with Gasteiger partial charge in [-0.1, -0.05) is 77.9 Å². The molecule has 0 aromatic carbocycles. The van der Waals surface area contributed by atoms with Crippen LogP contribution < -0.4 is 17.0 Å². The minimum Gasteiger partial charge on any atom is -1.00 e. The third-order valence-electron chi connectivity index (χ3n) is 14.7. The molecule has 3 atom stereocenters. The molecule has 0 N–H and O–H groups in total. The van der Waals surface area contributed by atoms with Gasteiger partial charge in [0.15, 0.2) is 22.8 Å². The van der Waals surface area contributed by atoms with Gasteiger partial charge in [0, 0.05) is 68.4 Å². The maximum Gasteiger partial charge on any atom is 0.367 e. The van der Waals surface area contributed by atoms with E-state index >= 15 is 0 Å². The van der Waals surface area contributed by atoms with Crippen molar-refractivity contribution in [1.29, 1.82) is 0 Å². The van der Waals surface area contributed by atoms with Crippen LogP contribution in [0.15, 0.2) is 85.6 Å². The molecule has 45 heteroatoms. The van der Waals surface area contributed by atoms with Crippen LogP contribution in [-0.2, 0) is 172 Å². The number of hydrogen-bond donors (Lipinski definition) is 0. The van der Waals surface area contributed by atoms with Crippen LogP contribution >= 0.6 is 66.7 Å². The fourth-order valence-electron chi connectivity index (χ4n) is 7.67. The minimum absolute atomic E-state index is 0. The van der Waals surface area contributed by atoms with Gasteiger partial charge in [0.2, 0.25) is 0 Å². The maximum absolute atomic E-state index is 12.4. The van der Waals surface area contributed by atoms with Gasteiger partial charge in [0.25, 0.3) is 20.2 Å². The van der Waals surface area contributed by atoms with Gasteiger partial charge in [-0.05, 0) is 172 Å². The standard InChI is InChI=1S/C16H30NO4.C13H23BrO6.2C12H20O7S.C11H18BrClO4.C11H17ClO4.C10H15ClO4.BrH/c1-8-17(9-2,10-3)16(6,7)15(19)21-12-11-20-14(18)13(4)5;1-6-17-20-11(7-16-12(15)10(2)3)8-18-19-9-13(4,5)14;1-8(2)10(13)17-7-9(3)18-11(14)12(4,5)19-20(6,15)16;1-5-10(13)17-8-6-7-9-18-11(14)12(2,3)19-20(4,15)16;1-8(2)10(14)15-6-9(5-13)17-16-7-11(3,4)12;1-8(2)9(13)15-6-5-7-16-10(14)11(3,4)12;1-7(2)8(12)14-5-6-15-9(13)10(3,4)11;/h4,8-12H2,1-3,5-7H3;11H,2,6-9H2,1,3-5H3;9H,1,7H2,2-6H3;5H,1,6-9H2,2-4H3;9H,1,5-7H2,2-4H3;1,5-7H2,2-4H3;1,5-6H2,2-4H3;1H/q+1;;;;;;;/p-1. The number of alkyl halides is 5. The molecule has 0 heterocycles. The van der Waals surface area contributed by atoms with E-state index in [1.165, 1.54) is 62.3 Å². The Labute approximate surface area is 811 Å². The van der Waals surface area contributed by atoms with Crippen molar-refractivity contribution in [3.05, 3.63) is 85.6 Å². The van der Waals surface area contributed by atoms with Crippen molar-refractivity contribution >= 4 is 159 Å². The Morgan fingerprint density at radius 2 is 0.692 bits per heavy atom. The normalized spacial score (nSPS) is 12.1. The van der Waals surface area contributed by atoms with Gasteiger partial charge in [0.1, 0.15) is 74.8 Å². The minimum atomic E-state index is -3.80. The SMILES string of the molecule is C=C(C)C(=O)OCC(C)OC(=O)C(C)(C)OS(C)(=O)=O.C=C(C)C(=O)OCC(CCl)OOCC(C)(C)Br.C=C(C)C(=O)OCC(COOCC(C)(C)Br)OOCC.C=C(C)C(=O)OCCCOC(=O)C(C)(C)Cl.C=C(C)C(=O)OCCOC(=O)C(C)(C)Cl.C=C(C)C(=O)OCCOC(=O)C(C)(C)[N+](CC)(CC)CC.C=CC(=O)OCCCCOC(=O)C(C)(C)OS(C)(=O)=O.[Br-]. The molecule has 0 aromatic heterocycles. The van der Waals surface area contributed by atoms with E-state index in [2.05, 4.69) is 107 Å². The summed E-state index contributed by atoms with van der Waals surface area (Å²) in [6.07, 6.45) is 2.38. The van der Waals surface area contributed by atoms with Crippen molar-refractivity contribution in [1.82, 2.24) is 0 Å². The van der Waals surface area contributed by atoms with Crippen LogP contribution in [0.1, 0.15) is 192 Å². The van der Waals surface area contributed by atoms with Gasteiger partial charge in [-0.15, -0.1) is 34.8 Å². The van der Waals surface area contributed by atoms with Gasteiger partial charge in [-0.3, -0.25) is 18.0 Å². The molecule has 0 spiro atoms. The van der Waals surface area contributed by atoms with E-state index in [1.807, 2.05) is 41.5 Å². The molecule has 0 bridgehead atoms. The van der Waals surface area contributed by atoms with E-state index in [9.17, 15) is 74.4 Å². The number of likely N-dealkylation sites (N-methyl/N-ethyl adjacent to an activating group) is 1. The molecule has 0 aliphatic rings. The zero-order valence-electron chi connectivity index (χ0n) is 80.5. The summed E-state index contributed by atoms with van der Waals surface area (Å²) in [6.45, 7) is 70.1. The van der Waals surface area contributed by atoms with Crippen LogP contribution in [0.5, 0.6) is 0 Å². The van der Waals surface area contributed by atoms with Crippen molar-refractivity contribution in [3.8, 4) is 0 Å². The first-order valence-electron chi connectivity index (χ1n) is 40.1. The summed E-state index contributed by atoms with van der Waals surface area (Å²) in [5.74, 6) is -6.24. The molecular formula is C85H143Br3Cl3NO36S2. The molecule has 0 amide bonds. The number of rotatable bonds is 55. The second kappa shape index (κ2) is 71.2. The number of quaternary nitrogens is 1. The van der Waals surface area contributed by atoms with Crippen LogP contribution in [0.3, 0.4) is 0 Å². The second-order valence-electron chi connectivity index (χ2n) is 31.5. The number of carbonyl (C=O) groups is 12. The molecule has 0 aliphatic carbocycles. The van der Waals surface area contributed by atoms with E-state index in [4.69, 9.17) is 121 Å². The summed E-state index contributed by atoms with van der Waals surface area (Å²) in [5, 5.41) is 0. The van der Waals surface area contributed by atoms with Gasteiger partial charge >= 0.3 is 71.6 Å². The lowest BCUT2D eigenvalue weighted by molar-refractivity contribution is -0.959. The predicted molar refractivity (Wildman–Crippen MR) is 491 cm³/mol. The monoisotopic (exact) mass is 2160 g/mol. The van der Waals surface area contributed by atoms with E-state index in [-0.39, 0.29) is 122 Å². The van der Waals surface area contributed by atoms with Crippen LogP contribution in [0.4, 0.5) is 0 Å². The molecule has 0 saturated heterocycles. The molecule has 758 valence electrons. The number of ether oxygens (including phenoxy) is 12. The van der Waals surface area contributed by atoms with Gasteiger partial charge in [-0.2, -0.15) is 16.8 Å². The molecule has 0 aromatic rings. The predicted octanol–water partition coefficient (Wildman–Crippen LogP) is 10.0. The first-order valence-corrected chi connectivity index (χ1v) is 46.6. The zero-order valence-corrected chi connectivity index (χ0v) is 89.2. The van der Waals surface area contributed by atoms with Gasteiger partial charge in [0.05, 0.1) is 84.3 Å². The Morgan fingerprint density at radius 3 is 1.04 bits per heavy atom. The summed E-state index contributed by atoms with van der Waals surface area (Å²) in [4.78, 5) is 163. The average molecular weight is 2170 g/mol. The number of esters is 12. The van der Waals surface area contributed by atoms with Gasteiger partial charge in [-0.25, -0.2) is 77.3 Å². The Morgan fingerprint density at radius 1 is 0.392 bits per heavy atom. The highest BCUT2D eigenvalue weighted by atomic mass is 79.9. The lowest BCUT2D eigenvalue weighted by Crippen LogP contribution is -3.00. The lowest BCUT2D eigenvalue weighted by Gasteiger charge is -2.46. The highest BCUT2D eigenvalue weighted by Gasteiger charge is 2.48. The largest absolute Gasteiger partial charge is 1.00 e. The van der Waals surface area contributed by atoms with Crippen LogP contribution in [-0.4, -0.2) is 284 Å². The Kier molecular flexibility index (Phi) is 76.2. The number of halogens is 6. The number of carbonyl (C=O) groups excluding carboxylic acids is 12. The molecule has 0 rings (SSSR count). The Hall–Kier alpha value is -6.33. The quantitative estimate of drug-likeness (QED) is 0.00628. The van der Waals surface area contributed by atoms with E-state index in [1.54, 1.807) is 48.5 Å². The van der Waals surface area contributed by atoms with Gasteiger partial charge < -0.3 is 78.3 Å². The summed E-state index contributed by atoms with van der Waals surface area (Å²) in [6, 6.07) is 0. The zero-order chi connectivity index (χ0) is 103. The maximum atomic E-state index is 12.4. The van der Waals surface area contributed by atoms with Crippen LogP contribution in [0.2, 0.25) is 0 Å². The van der Waals surface area contributed by atoms with Crippen molar-refractivity contribution in [2.75, 3.05) is 137 Å². The Balaban J connectivity index is -0.000000223. The van der Waals surface area contributed by atoms with E-state index < -0.39 is 131 Å². The highest BCUT2D eigenvalue weighted by molar-refractivity contribution is 9.10. The summed E-state index contributed by atoms with van der Waals surface area (Å²) in [5.41, 5.74) is -1.98. The van der Waals surface area contributed by atoms with Crippen molar-refractivity contribution in [3.63, 3.8) is 0 Å². The number of nitrogens with zero attached hydrogens (tertiary/aromatic N) is 1. The topological polar surface area (TPSA) is 458 Å². The highest BCUT2D eigenvalue weighted by Crippen LogP contribution is 2.27. The molecule has 0 fully saturated rings. The third kappa shape index (κ3) is 78.0. The third-order valence-corrected chi connectivity index (χ3v) is 17.2.